The molecule has 0 spiro atoms. The van der Waals surface area contributed by atoms with Crippen LogP contribution in [-0.2, 0) is 11.3 Å². The van der Waals surface area contributed by atoms with Gasteiger partial charge in [-0.3, -0.25) is 4.79 Å². The maximum absolute atomic E-state index is 12.0. The highest BCUT2D eigenvalue weighted by Gasteiger charge is 2.30. The second-order valence-electron chi connectivity index (χ2n) is 5.34. The fraction of sp³-hybridized carbons (Fsp3) is 0.375. The molecule has 0 heterocycles. The minimum atomic E-state index is -4.71. The molecule has 0 fully saturated rings. The van der Waals surface area contributed by atoms with E-state index in [9.17, 15) is 18.0 Å². The number of allylic oxidation sites excluding steroid dienone is 1. The molecule has 0 atom stereocenters. The number of carbonyl (C=O) groups excluding carboxylic acids is 1. The van der Waals surface area contributed by atoms with E-state index in [2.05, 4.69) is 10.1 Å². The average molecular weight is 328 g/mol. The Kier molecular flexibility index (Phi) is 6.81. The van der Waals surface area contributed by atoms with Crippen molar-refractivity contribution in [3.05, 3.63) is 41.6 Å². The summed E-state index contributed by atoms with van der Waals surface area (Å²) in [4.78, 5) is 11.8. The van der Waals surface area contributed by atoms with Crippen LogP contribution in [0.3, 0.4) is 0 Å². The fourth-order valence-electron chi connectivity index (χ4n) is 1.78. The number of halogens is 3. The molecule has 0 aliphatic heterocycles. The first-order valence-corrected chi connectivity index (χ1v) is 7.03. The van der Waals surface area contributed by atoms with Crippen molar-refractivity contribution in [3.63, 3.8) is 0 Å². The van der Waals surface area contributed by atoms with Gasteiger partial charge in [-0.1, -0.05) is 26.0 Å². The van der Waals surface area contributed by atoms with Crippen molar-refractivity contribution in [2.75, 3.05) is 0 Å². The Morgan fingerprint density at radius 3 is 2.39 bits per heavy atom. The molecule has 4 nitrogen and oxygen atoms in total. The third kappa shape index (κ3) is 7.49. The van der Waals surface area contributed by atoms with Gasteiger partial charge in [-0.25, -0.2) is 0 Å². The molecule has 0 amide bonds. The molecular weight excluding hydrogens is 309 g/mol. The third-order valence-corrected chi connectivity index (χ3v) is 2.79. The summed E-state index contributed by atoms with van der Waals surface area (Å²) in [5.74, 6) is -0.215. The van der Waals surface area contributed by atoms with E-state index in [0.717, 1.165) is 11.8 Å². The highest BCUT2D eigenvalue weighted by molar-refractivity contribution is 6.12. The van der Waals surface area contributed by atoms with E-state index in [1.54, 1.807) is 0 Å². The van der Waals surface area contributed by atoms with E-state index in [4.69, 9.17) is 5.41 Å². The zero-order chi connectivity index (χ0) is 17.5. The number of nitrogens with one attached hydrogen (secondary N) is 2. The number of benzene rings is 1. The Morgan fingerprint density at radius 1 is 1.30 bits per heavy atom. The van der Waals surface area contributed by atoms with Crippen molar-refractivity contribution >= 4 is 12.0 Å². The molecule has 2 N–H and O–H groups in total. The van der Waals surface area contributed by atoms with Crippen LogP contribution < -0.4 is 10.1 Å². The van der Waals surface area contributed by atoms with Gasteiger partial charge < -0.3 is 15.5 Å². The normalized spacial score (nSPS) is 12.2. The lowest BCUT2D eigenvalue weighted by molar-refractivity contribution is -0.274. The Bertz CT molecular complexity index is 564. The van der Waals surface area contributed by atoms with Gasteiger partial charge in [-0.2, -0.15) is 0 Å². The number of rotatable bonds is 8. The lowest BCUT2D eigenvalue weighted by Crippen LogP contribution is -2.17. The Hall–Kier alpha value is -2.31. The molecule has 23 heavy (non-hydrogen) atoms. The van der Waals surface area contributed by atoms with Gasteiger partial charge in [0.15, 0.2) is 5.78 Å². The van der Waals surface area contributed by atoms with E-state index < -0.39 is 6.36 Å². The van der Waals surface area contributed by atoms with Crippen molar-refractivity contribution in [2.24, 2.45) is 5.92 Å². The van der Waals surface area contributed by atoms with Crippen LogP contribution in [0.1, 0.15) is 25.8 Å². The first-order chi connectivity index (χ1) is 10.7. The Balaban J connectivity index is 2.58. The van der Waals surface area contributed by atoms with Crippen molar-refractivity contribution in [2.45, 2.75) is 33.2 Å². The number of carbonyl (C=O) groups is 1. The maximum atomic E-state index is 12.0. The molecule has 1 aromatic carbocycles. The van der Waals surface area contributed by atoms with Crippen LogP contribution in [0.15, 0.2) is 36.0 Å². The van der Waals surface area contributed by atoms with Crippen LogP contribution in [0.5, 0.6) is 5.75 Å². The Labute approximate surface area is 132 Å². The molecule has 0 saturated heterocycles. The minimum absolute atomic E-state index is 0.128. The number of ketones is 1. The van der Waals surface area contributed by atoms with Crippen molar-refractivity contribution < 1.29 is 22.7 Å². The van der Waals surface area contributed by atoms with Crippen LogP contribution in [0.2, 0.25) is 0 Å². The van der Waals surface area contributed by atoms with Gasteiger partial charge in [-0.15, -0.1) is 13.2 Å². The van der Waals surface area contributed by atoms with Gasteiger partial charge in [0.05, 0.1) is 5.57 Å². The summed E-state index contributed by atoms with van der Waals surface area (Å²) in [5.41, 5.74) is 0.979. The Morgan fingerprint density at radius 2 is 1.91 bits per heavy atom. The second kappa shape index (κ2) is 8.36. The van der Waals surface area contributed by atoms with Gasteiger partial charge in [0.25, 0.3) is 0 Å². The first kappa shape index (κ1) is 18.7. The fourth-order valence-corrected chi connectivity index (χ4v) is 1.78. The van der Waals surface area contributed by atoms with Gasteiger partial charge >= 0.3 is 6.36 Å². The van der Waals surface area contributed by atoms with Crippen molar-refractivity contribution in [1.82, 2.24) is 5.32 Å². The van der Waals surface area contributed by atoms with Crippen LogP contribution >= 0.6 is 0 Å². The van der Waals surface area contributed by atoms with E-state index in [0.29, 0.717) is 13.0 Å². The summed E-state index contributed by atoms with van der Waals surface area (Å²) < 4.78 is 39.9. The quantitative estimate of drug-likeness (QED) is 0.563. The standard InChI is InChI=1S/C16H19F3N2O2/c1-11(2)7-15(22)13(8-20)10-21-9-12-3-5-14(6-4-12)23-16(17,18)19/h3-6,8,10-11,20-21H,7,9H2,1-2H3/b13-10+,20-8?. The molecule has 0 saturated carbocycles. The molecular formula is C16H19F3N2O2. The summed E-state index contributed by atoms with van der Waals surface area (Å²) in [7, 11) is 0. The third-order valence-electron chi connectivity index (χ3n) is 2.79. The van der Waals surface area contributed by atoms with Crippen LogP contribution in [0, 0.1) is 11.3 Å². The largest absolute Gasteiger partial charge is 0.573 e. The van der Waals surface area contributed by atoms with Crippen molar-refractivity contribution in [1.29, 1.82) is 5.41 Å². The molecule has 0 radical (unpaired) electrons. The van der Waals surface area contributed by atoms with E-state index >= 15 is 0 Å². The number of alkyl halides is 3. The van der Waals surface area contributed by atoms with E-state index in [1.165, 1.54) is 30.5 Å². The van der Waals surface area contributed by atoms with Gasteiger partial charge in [0.2, 0.25) is 0 Å². The molecule has 1 aromatic rings. The van der Waals surface area contributed by atoms with Gasteiger partial charge in [0, 0.05) is 25.4 Å². The van der Waals surface area contributed by atoms with E-state index in [1.807, 2.05) is 13.8 Å². The summed E-state index contributed by atoms with van der Waals surface area (Å²) in [5, 5.41) is 10.1. The van der Waals surface area contributed by atoms with E-state index in [-0.39, 0.29) is 23.0 Å². The predicted octanol–water partition coefficient (Wildman–Crippen LogP) is 3.82. The lowest BCUT2D eigenvalue weighted by atomic mass is 10.0. The molecule has 1 rings (SSSR count). The average Bonchev–Trinajstić information content (AvgIpc) is 2.43. The van der Waals surface area contributed by atoms with Gasteiger partial charge in [0.1, 0.15) is 5.75 Å². The molecule has 0 aliphatic rings. The number of hydrogen-bond donors (Lipinski definition) is 2. The highest BCUT2D eigenvalue weighted by atomic mass is 19.4. The molecule has 0 unspecified atom stereocenters. The topological polar surface area (TPSA) is 62.2 Å². The summed E-state index contributed by atoms with van der Waals surface area (Å²) in [6.07, 6.45) is -1.93. The zero-order valence-corrected chi connectivity index (χ0v) is 12.9. The lowest BCUT2D eigenvalue weighted by Gasteiger charge is -2.09. The van der Waals surface area contributed by atoms with Gasteiger partial charge in [-0.05, 0) is 23.6 Å². The first-order valence-electron chi connectivity index (χ1n) is 7.03. The van der Waals surface area contributed by atoms with Crippen LogP contribution in [0.25, 0.3) is 0 Å². The summed E-state index contributed by atoms with van der Waals surface area (Å²) in [6, 6.07) is 5.41. The zero-order valence-electron chi connectivity index (χ0n) is 12.9. The highest BCUT2D eigenvalue weighted by Crippen LogP contribution is 2.22. The number of Topliss-reactive ketones (excluding diaryl/α,β-unsaturated/α-hetero) is 1. The molecule has 7 heteroatoms. The SMILES string of the molecule is CC(C)CC(=O)/C(C=N)=C/NCc1ccc(OC(F)(F)F)cc1. The maximum Gasteiger partial charge on any atom is 0.573 e. The molecule has 0 aliphatic carbocycles. The summed E-state index contributed by atoms with van der Waals surface area (Å²) >= 11 is 0. The number of ether oxygens (including phenoxy) is 1. The minimum Gasteiger partial charge on any atom is -0.406 e. The molecule has 126 valence electrons. The monoisotopic (exact) mass is 328 g/mol. The molecule has 0 aromatic heterocycles. The summed E-state index contributed by atoms with van der Waals surface area (Å²) in [6.45, 7) is 4.15. The number of hydrogen-bond acceptors (Lipinski definition) is 4. The second-order valence-corrected chi connectivity index (χ2v) is 5.34. The smallest absolute Gasteiger partial charge is 0.406 e. The van der Waals surface area contributed by atoms with Crippen molar-refractivity contribution in [3.8, 4) is 5.75 Å². The van der Waals surface area contributed by atoms with Crippen LogP contribution in [-0.4, -0.2) is 18.4 Å². The predicted molar refractivity (Wildman–Crippen MR) is 81.3 cm³/mol. The van der Waals surface area contributed by atoms with Crippen LogP contribution in [0.4, 0.5) is 13.2 Å². The molecule has 0 bridgehead atoms.